The van der Waals surface area contributed by atoms with Crippen LogP contribution in [0.2, 0.25) is 0 Å². The second-order valence-corrected chi connectivity index (χ2v) is 7.73. The van der Waals surface area contributed by atoms with Crippen molar-refractivity contribution in [3.8, 4) is 11.5 Å². The number of ether oxygens (including phenoxy) is 1. The SMILES string of the molecule is CS(=O)(=O)c1ccc(Cc2ccoc(=O)c2Oc2ccc(F)cc2)cc1. The van der Waals surface area contributed by atoms with Crippen molar-refractivity contribution in [3.63, 3.8) is 0 Å². The maximum absolute atomic E-state index is 13.0. The molecular formula is C19H15FO5S. The van der Waals surface area contributed by atoms with Gasteiger partial charge in [0, 0.05) is 18.2 Å². The van der Waals surface area contributed by atoms with Gasteiger partial charge in [-0.25, -0.2) is 17.6 Å². The first-order valence-corrected chi connectivity index (χ1v) is 9.55. The average Bonchev–Trinajstić information content (AvgIpc) is 2.59. The minimum absolute atomic E-state index is 0.00583. The molecule has 2 aromatic carbocycles. The van der Waals surface area contributed by atoms with Gasteiger partial charge in [-0.15, -0.1) is 0 Å². The van der Waals surface area contributed by atoms with E-state index in [2.05, 4.69) is 0 Å². The standard InChI is InChI=1S/C19H15FO5S/c1-26(22,23)17-8-2-13(3-9-17)12-14-10-11-24-19(21)18(14)25-16-6-4-15(20)5-7-16/h2-11H,12H2,1H3. The van der Waals surface area contributed by atoms with Crippen molar-refractivity contribution >= 4 is 9.84 Å². The summed E-state index contributed by atoms with van der Waals surface area (Å²) < 4.78 is 46.5. The van der Waals surface area contributed by atoms with Crippen molar-refractivity contribution in [1.29, 1.82) is 0 Å². The second-order valence-electron chi connectivity index (χ2n) is 5.71. The van der Waals surface area contributed by atoms with Crippen molar-refractivity contribution in [1.82, 2.24) is 0 Å². The number of rotatable bonds is 5. The highest BCUT2D eigenvalue weighted by Crippen LogP contribution is 2.24. The fraction of sp³-hybridized carbons (Fsp3) is 0.105. The predicted octanol–water partition coefficient (Wildman–Crippen LogP) is 3.57. The van der Waals surface area contributed by atoms with Crippen LogP contribution in [-0.2, 0) is 16.3 Å². The van der Waals surface area contributed by atoms with Gasteiger partial charge in [-0.3, -0.25) is 0 Å². The molecule has 3 rings (SSSR count). The molecule has 0 aliphatic rings. The lowest BCUT2D eigenvalue weighted by Gasteiger charge is -2.10. The Hall–Kier alpha value is -2.93. The minimum atomic E-state index is -3.27. The molecule has 26 heavy (non-hydrogen) atoms. The molecule has 0 radical (unpaired) electrons. The Balaban J connectivity index is 1.90. The molecule has 1 aromatic heterocycles. The summed E-state index contributed by atoms with van der Waals surface area (Å²) in [5.41, 5.74) is 0.712. The van der Waals surface area contributed by atoms with Crippen LogP contribution in [-0.4, -0.2) is 14.7 Å². The summed E-state index contributed by atoms with van der Waals surface area (Å²) in [6.45, 7) is 0. The highest BCUT2D eigenvalue weighted by atomic mass is 32.2. The Kier molecular flexibility index (Phi) is 4.90. The van der Waals surface area contributed by atoms with E-state index in [0.29, 0.717) is 17.7 Å². The van der Waals surface area contributed by atoms with Crippen LogP contribution < -0.4 is 10.4 Å². The molecule has 0 saturated heterocycles. The Morgan fingerprint density at radius 2 is 1.65 bits per heavy atom. The van der Waals surface area contributed by atoms with Gasteiger partial charge >= 0.3 is 5.63 Å². The Morgan fingerprint density at radius 3 is 2.27 bits per heavy atom. The molecule has 0 spiro atoms. The molecule has 0 saturated carbocycles. The predicted molar refractivity (Wildman–Crippen MR) is 93.8 cm³/mol. The summed E-state index contributed by atoms with van der Waals surface area (Å²) in [6.07, 6.45) is 2.74. The third-order valence-corrected chi connectivity index (χ3v) is 4.83. The van der Waals surface area contributed by atoms with Crippen LogP contribution >= 0.6 is 0 Å². The molecule has 0 amide bonds. The first-order chi connectivity index (χ1) is 12.3. The van der Waals surface area contributed by atoms with Gasteiger partial charge in [0.05, 0.1) is 11.2 Å². The molecule has 134 valence electrons. The van der Waals surface area contributed by atoms with E-state index in [4.69, 9.17) is 9.15 Å². The van der Waals surface area contributed by atoms with Crippen molar-refractivity contribution in [2.75, 3.05) is 6.26 Å². The smallest absolute Gasteiger partial charge is 0.379 e. The molecule has 0 atom stereocenters. The van der Waals surface area contributed by atoms with E-state index in [1.54, 1.807) is 18.2 Å². The fourth-order valence-corrected chi connectivity index (χ4v) is 3.01. The molecule has 1 heterocycles. The third-order valence-electron chi connectivity index (χ3n) is 3.70. The number of hydrogen-bond donors (Lipinski definition) is 0. The van der Waals surface area contributed by atoms with E-state index in [0.717, 1.165) is 11.8 Å². The minimum Gasteiger partial charge on any atom is -0.449 e. The molecule has 3 aromatic rings. The Labute approximate surface area is 149 Å². The van der Waals surface area contributed by atoms with Crippen molar-refractivity contribution in [2.45, 2.75) is 11.3 Å². The van der Waals surface area contributed by atoms with Crippen LogP contribution in [0.1, 0.15) is 11.1 Å². The maximum atomic E-state index is 13.0. The molecule has 0 aliphatic carbocycles. The zero-order valence-corrected chi connectivity index (χ0v) is 14.6. The Morgan fingerprint density at radius 1 is 1.00 bits per heavy atom. The van der Waals surface area contributed by atoms with Crippen LogP contribution in [0.4, 0.5) is 4.39 Å². The fourth-order valence-electron chi connectivity index (χ4n) is 2.38. The molecule has 0 bridgehead atoms. The quantitative estimate of drug-likeness (QED) is 0.683. The highest BCUT2D eigenvalue weighted by Gasteiger charge is 2.13. The van der Waals surface area contributed by atoms with E-state index in [1.165, 1.54) is 42.7 Å². The molecule has 5 nitrogen and oxygen atoms in total. The van der Waals surface area contributed by atoms with Gasteiger partial charge < -0.3 is 9.15 Å². The number of halogens is 1. The summed E-state index contributed by atoms with van der Waals surface area (Å²) in [5.74, 6) is -0.103. The van der Waals surface area contributed by atoms with Crippen molar-refractivity contribution < 1.29 is 22.0 Å². The van der Waals surface area contributed by atoms with Gasteiger partial charge in [0.1, 0.15) is 11.6 Å². The average molecular weight is 374 g/mol. The summed E-state index contributed by atoms with van der Waals surface area (Å²) in [6, 6.07) is 13.2. The van der Waals surface area contributed by atoms with Crippen LogP contribution in [0.15, 0.2) is 75.0 Å². The van der Waals surface area contributed by atoms with Crippen molar-refractivity contribution in [2.24, 2.45) is 0 Å². The summed E-state index contributed by atoms with van der Waals surface area (Å²) >= 11 is 0. The zero-order valence-electron chi connectivity index (χ0n) is 13.8. The number of benzene rings is 2. The Bertz CT molecular complexity index is 1070. The van der Waals surface area contributed by atoms with E-state index in [-0.39, 0.29) is 10.6 Å². The molecule has 0 N–H and O–H groups in total. The molecule has 7 heteroatoms. The molecule has 0 aliphatic heterocycles. The lowest BCUT2D eigenvalue weighted by molar-refractivity contribution is 0.415. The normalized spacial score (nSPS) is 11.3. The monoisotopic (exact) mass is 374 g/mol. The van der Waals surface area contributed by atoms with Crippen LogP contribution in [0.3, 0.4) is 0 Å². The summed E-state index contributed by atoms with van der Waals surface area (Å²) in [7, 11) is -3.27. The zero-order chi connectivity index (χ0) is 18.7. The summed E-state index contributed by atoms with van der Waals surface area (Å²) in [5, 5.41) is 0. The highest BCUT2D eigenvalue weighted by molar-refractivity contribution is 7.90. The van der Waals surface area contributed by atoms with Gasteiger partial charge in [-0.2, -0.15) is 0 Å². The third kappa shape index (κ3) is 4.18. The lowest BCUT2D eigenvalue weighted by atomic mass is 10.1. The summed E-state index contributed by atoms with van der Waals surface area (Å²) in [4.78, 5) is 12.3. The lowest BCUT2D eigenvalue weighted by Crippen LogP contribution is -2.07. The van der Waals surface area contributed by atoms with Crippen LogP contribution in [0, 0.1) is 5.82 Å². The van der Waals surface area contributed by atoms with Gasteiger partial charge in [-0.1, -0.05) is 12.1 Å². The van der Waals surface area contributed by atoms with Gasteiger partial charge in [-0.05, 0) is 48.0 Å². The van der Waals surface area contributed by atoms with Gasteiger partial charge in [0.15, 0.2) is 9.84 Å². The first kappa shape index (κ1) is 17.9. The van der Waals surface area contributed by atoms with Crippen LogP contribution in [0.5, 0.6) is 11.5 Å². The molecule has 0 unspecified atom stereocenters. The van der Waals surface area contributed by atoms with E-state index >= 15 is 0 Å². The van der Waals surface area contributed by atoms with Gasteiger partial charge in [0.2, 0.25) is 5.75 Å². The van der Waals surface area contributed by atoms with Crippen LogP contribution in [0.25, 0.3) is 0 Å². The van der Waals surface area contributed by atoms with E-state index in [1.807, 2.05) is 0 Å². The second kappa shape index (κ2) is 7.13. The van der Waals surface area contributed by atoms with E-state index in [9.17, 15) is 17.6 Å². The molecule has 0 fully saturated rings. The van der Waals surface area contributed by atoms with Crippen molar-refractivity contribution in [3.05, 3.63) is 88.2 Å². The first-order valence-electron chi connectivity index (χ1n) is 7.66. The number of hydrogen-bond acceptors (Lipinski definition) is 5. The topological polar surface area (TPSA) is 73.6 Å². The van der Waals surface area contributed by atoms with Gasteiger partial charge in [0.25, 0.3) is 0 Å². The largest absolute Gasteiger partial charge is 0.449 e. The molecular weight excluding hydrogens is 359 g/mol. The maximum Gasteiger partial charge on any atom is 0.379 e. The van der Waals surface area contributed by atoms with E-state index < -0.39 is 21.3 Å². The number of sulfone groups is 1.